The molecule has 0 spiro atoms. The Morgan fingerprint density at radius 2 is 2.06 bits per heavy atom. The topological polar surface area (TPSA) is 43.4 Å². The highest BCUT2D eigenvalue weighted by Crippen LogP contribution is 2.23. The molecule has 17 heavy (non-hydrogen) atoms. The zero-order valence-corrected chi connectivity index (χ0v) is 11.0. The number of ether oxygens (including phenoxy) is 2. The van der Waals surface area contributed by atoms with Gasteiger partial charge in [0, 0.05) is 6.20 Å². The van der Waals surface area contributed by atoms with Gasteiger partial charge in [0.15, 0.2) is 10.9 Å². The molecule has 0 amide bonds. The Labute approximate surface area is 106 Å². The quantitative estimate of drug-likeness (QED) is 0.826. The maximum Gasteiger partial charge on any atom is 0.162 e. The molecular weight excluding hydrogens is 240 g/mol. The molecule has 1 aliphatic heterocycles. The van der Waals surface area contributed by atoms with Crippen LogP contribution in [0.15, 0.2) is 12.3 Å². The van der Waals surface area contributed by atoms with Crippen molar-refractivity contribution in [1.82, 2.24) is 4.98 Å². The van der Waals surface area contributed by atoms with Gasteiger partial charge in [-0.1, -0.05) is 11.6 Å². The monoisotopic (exact) mass is 256 g/mol. The number of aryl methyl sites for hydroxylation is 1. The number of rotatable bonds is 2. The van der Waals surface area contributed by atoms with E-state index in [0.29, 0.717) is 18.4 Å². The number of hydrogen-bond donors (Lipinski definition) is 1. The van der Waals surface area contributed by atoms with Crippen LogP contribution in [-0.2, 0) is 9.47 Å². The van der Waals surface area contributed by atoms with Crippen LogP contribution >= 0.6 is 11.6 Å². The van der Waals surface area contributed by atoms with Crippen molar-refractivity contribution in [3.8, 4) is 0 Å². The molecule has 1 N–H and O–H groups in total. The Morgan fingerprint density at radius 3 is 2.71 bits per heavy atom. The lowest BCUT2D eigenvalue weighted by atomic mass is 10.2. The van der Waals surface area contributed by atoms with Gasteiger partial charge in [-0.25, -0.2) is 4.98 Å². The summed E-state index contributed by atoms with van der Waals surface area (Å²) in [4.78, 5) is 4.09. The first-order valence-electron chi connectivity index (χ1n) is 5.63. The van der Waals surface area contributed by atoms with Gasteiger partial charge in [0.25, 0.3) is 0 Å². The summed E-state index contributed by atoms with van der Waals surface area (Å²) in [6.07, 6.45) is 1.74. The Balaban J connectivity index is 2.00. The lowest BCUT2D eigenvalue weighted by Gasteiger charge is -2.35. The molecule has 1 fully saturated rings. The standard InChI is InChI=1S/C12H17ClN2O2/c1-8-4-10(11(13)14-5-8)15-9-6-16-12(2,3)17-7-9/h4-5,9,15H,6-7H2,1-3H3. The van der Waals surface area contributed by atoms with E-state index in [1.165, 1.54) is 0 Å². The third-order valence-corrected chi connectivity index (χ3v) is 2.90. The minimum atomic E-state index is -0.493. The molecule has 0 saturated carbocycles. The molecule has 4 nitrogen and oxygen atoms in total. The average molecular weight is 257 g/mol. The van der Waals surface area contributed by atoms with Gasteiger partial charge in [-0.2, -0.15) is 0 Å². The summed E-state index contributed by atoms with van der Waals surface area (Å²) in [5.74, 6) is -0.493. The molecule has 1 aliphatic rings. The summed E-state index contributed by atoms with van der Waals surface area (Å²) in [5.41, 5.74) is 1.89. The minimum Gasteiger partial charge on any atom is -0.375 e. The summed E-state index contributed by atoms with van der Waals surface area (Å²) >= 11 is 6.02. The van der Waals surface area contributed by atoms with Crippen LogP contribution in [0, 0.1) is 6.92 Å². The predicted octanol–water partition coefficient (Wildman–Crippen LogP) is 2.61. The van der Waals surface area contributed by atoms with E-state index in [-0.39, 0.29) is 6.04 Å². The summed E-state index contributed by atoms with van der Waals surface area (Å²) in [7, 11) is 0. The molecule has 0 atom stereocenters. The molecule has 0 aliphatic carbocycles. The van der Waals surface area contributed by atoms with Gasteiger partial charge in [0.05, 0.1) is 24.9 Å². The SMILES string of the molecule is Cc1cnc(Cl)c(NC2COC(C)(C)OC2)c1. The second kappa shape index (κ2) is 4.80. The van der Waals surface area contributed by atoms with Gasteiger partial charge < -0.3 is 14.8 Å². The third-order valence-electron chi connectivity index (χ3n) is 2.60. The highest BCUT2D eigenvalue weighted by molar-refractivity contribution is 6.31. The van der Waals surface area contributed by atoms with Crippen LogP contribution in [0.2, 0.25) is 5.15 Å². The average Bonchev–Trinajstić information content (AvgIpc) is 2.26. The van der Waals surface area contributed by atoms with E-state index >= 15 is 0 Å². The number of aromatic nitrogens is 1. The maximum absolute atomic E-state index is 6.02. The van der Waals surface area contributed by atoms with Crippen LogP contribution in [0.4, 0.5) is 5.69 Å². The zero-order valence-electron chi connectivity index (χ0n) is 10.3. The molecule has 0 radical (unpaired) electrons. The molecule has 0 unspecified atom stereocenters. The van der Waals surface area contributed by atoms with Gasteiger partial charge in [-0.3, -0.25) is 0 Å². The van der Waals surface area contributed by atoms with Crippen molar-refractivity contribution in [3.05, 3.63) is 23.0 Å². The lowest BCUT2D eigenvalue weighted by molar-refractivity contribution is -0.247. The number of anilines is 1. The van der Waals surface area contributed by atoms with Crippen molar-refractivity contribution in [2.45, 2.75) is 32.6 Å². The third kappa shape index (κ3) is 3.31. The van der Waals surface area contributed by atoms with Crippen LogP contribution in [-0.4, -0.2) is 30.0 Å². The van der Waals surface area contributed by atoms with E-state index in [1.54, 1.807) is 6.20 Å². The van der Waals surface area contributed by atoms with Gasteiger partial charge >= 0.3 is 0 Å². The largest absolute Gasteiger partial charge is 0.375 e. The smallest absolute Gasteiger partial charge is 0.162 e. The van der Waals surface area contributed by atoms with Crippen LogP contribution in [0.1, 0.15) is 19.4 Å². The minimum absolute atomic E-state index is 0.101. The highest BCUT2D eigenvalue weighted by Gasteiger charge is 2.28. The molecule has 1 saturated heterocycles. The normalized spacial score (nSPS) is 20.2. The van der Waals surface area contributed by atoms with Crippen LogP contribution < -0.4 is 5.32 Å². The van der Waals surface area contributed by atoms with E-state index in [9.17, 15) is 0 Å². The van der Waals surface area contributed by atoms with Crippen LogP contribution in [0.25, 0.3) is 0 Å². The second-order valence-electron chi connectivity index (χ2n) is 4.71. The first-order valence-corrected chi connectivity index (χ1v) is 6.01. The van der Waals surface area contributed by atoms with Crippen LogP contribution in [0.5, 0.6) is 0 Å². The molecule has 0 bridgehead atoms. The van der Waals surface area contributed by atoms with Gasteiger partial charge in [-0.05, 0) is 32.4 Å². The molecular formula is C12H17ClN2O2. The zero-order chi connectivity index (χ0) is 12.5. The van der Waals surface area contributed by atoms with E-state index in [0.717, 1.165) is 11.3 Å². The summed E-state index contributed by atoms with van der Waals surface area (Å²) in [6, 6.07) is 2.07. The van der Waals surface area contributed by atoms with E-state index in [1.807, 2.05) is 26.8 Å². The Hall–Kier alpha value is -0.840. The predicted molar refractivity (Wildman–Crippen MR) is 67.4 cm³/mol. The number of hydrogen-bond acceptors (Lipinski definition) is 4. The van der Waals surface area contributed by atoms with Gasteiger partial charge in [0.2, 0.25) is 0 Å². The Bertz CT molecular complexity index is 399. The Morgan fingerprint density at radius 1 is 1.41 bits per heavy atom. The molecule has 1 aromatic rings. The number of pyridine rings is 1. The Kier molecular flexibility index (Phi) is 3.56. The van der Waals surface area contributed by atoms with Gasteiger partial charge in [0.1, 0.15) is 0 Å². The number of nitrogens with zero attached hydrogens (tertiary/aromatic N) is 1. The second-order valence-corrected chi connectivity index (χ2v) is 5.07. The van der Waals surface area contributed by atoms with Crippen molar-refractivity contribution < 1.29 is 9.47 Å². The van der Waals surface area contributed by atoms with Gasteiger partial charge in [-0.15, -0.1) is 0 Å². The van der Waals surface area contributed by atoms with Crippen molar-refractivity contribution >= 4 is 17.3 Å². The van der Waals surface area contributed by atoms with Crippen molar-refractivity contribution in [2.24, 2.45) is 0 Å². The number of halogens is 1. The first-order chi connectivity index (χ1) is 7.96. The lowest BCUT2D eigenvalue weighted by Crippen LogP contribution is -2.45. The summed E-state index contributed by atoms with van der Waals surface area (Å²) in [5, 5.41) is 3.76. The highest BCUT2D eigenvalue weighted by atomic mass is 35.5. The molecule has 2 rings (SSSR count). The molecule has 94 valence electrons. The van der Waals surface area contributed by atoms with Crippen molar-refractivity contribution in [1.29, 1.82) is 0 Å². The number of nitrogens with one attached hydrogen (secondary N) is 1. The first kappa shape index (κ1) is 12.6. The fourth-order valence-electron chi connectivity index (χ4n) is 1.65. The fourth-order valence-corrected chi connectivity index (χ4v) is 1.81. The molecule has 2 heterocycles. The molecule has 5 heteroatoms. The van der Waals surface area contributed by atoms with Crippen molar-refractivity contribution in [2.75, 3.05) is 18.5 Å². The molecule has 0 aromatic carbocycles. The molecule has 1 aromatic heterocycles. The van der Waals surface area contributed by atoms with E-state index in [2.05, 4.69) is 10.3 Å². The summed E-state index contributed by atoms with van der Waals surface area (Å²) in [6.45, 7) is 6.98. The fraction of sp³-hybridized carbons (Fsp3) is 0.583. The van der Waals surface area contributed by atoms with E-state index < -0.39 is 5.79 Å². The van der Waals surface area contributed by atoms with E-state index in [4.69, 9.17) is 21.1 Å². The van der Waals surface area contributed by atoms with Crippen molar-refractivity contribution in [3.63, 3.8) is 0 Å². The maximum atomic E-state index is 6.02. The van der Waals surface area contributed by atoms with Crippen LogP contribution in [0.3, 0.4) is 0 Å². The summed E-state index contributed by atoms with van der Waals surface area (Å²) < 4.78 is 11.1.